The van der Waals surface area contributed by atoms with Gasteiger partial charge in [-0.2, -0.15) is 0 Å². The van der Waals surface area contributed by atoms with E-state index in [0.29, 0.717) is 14.7 Å². The van der Waals surface area contributed by atoms with Gasteiger partial charge in [-0.1, -0.05) is 144 Å². The molecule has 194 valence electrons. The van der Waals surface area contributed by atoms with Gasteiger partial charge in [0.05, 0.1) is 8.27 Å². The Morgan fingerprint density at radius 3 is 1.23 bits per heavy atom. The van der Waals surface area contributed by atoms with Gasteiger partial charge in [0.25, 0.3) is 0 Å². The van der Waals surface area contributed by atoms with Crippen LogP contribution in [0.15, 0.2) is 127 Å². The number of halogens is 3. The van der Waals surface area contributed by atoms with Gasteiger partial charge in [-0.15, -0.1) is 0 Å². The standard InChI is InChI=1S/C34H28Cl3P2/c35-34(36,37)23-10-24-38-39(31-20-7-14-25-11-1-4-17-28(25)31,32-21-8-15-26-12-2-5-18-29(26)32)33-22-9-16-27-13-3-6-19-30(27)33/h1-9,11-22,38H,10,23-24H2/q+1. The largest absolute Gasteiger partial charge is 0.190 e. The molecule has 0 aliphatic rings. The summed E-state index contributed by atoms with van der Waals surface area (Å²) in [5, 5.41) is 12.1. The molecule has 0 spiro atoms. The first-order chi connectivity index (χ1) is 19.0. The van der Waals surface area contributed by atoms with E-state index < -0.39 is 10.7 Å². The molecule has 1 unspecified atom stereocenters. The van der Waals surface area contributed by atoms with Crippen LogP contribution in [0, 0.1) is 0 Å². The average molecular weight is 605 g/mol. The second-order valence-corrected chi connectivity index (χ2v) is 18.9. The Labute approximate surface area is 247 Å². The van der Waals surface area contributed by atoms with Crippen molar-refractivity contribution in [1.82, 2.24) is 0 Å². The van der Waals surface area contributed by atoms with Crippen molar-refractivity contribution < 1.29 is 0 Å². The Bertz CT molecular complexity index is 1570. The molecule has 0 radical (unpaired) electrons. The predicted octanol–water partition coefficient (Wildman–Crippen LogP) is 10.2. The molecule has 0 aromatic heterocycles. The van der Waals surface area contributed by atoms with Crippen LogP contribution in [-0.4, -0.2) is 9.95 Å². The Hall–Kier alpha value is -2.17. The lowest BCUT2D eigenvalue weighted by molar-refractivity contribution is 0.831. The normalized spacial score (nSPS) is 12.7. The molecule has 5 heteroatoms. The summed E-state index contributed by atoms with van der Waals surface area (Å²) in [7, 11) is 0.637. The van der Waals surface area contributed by atoms with Gasteiger partial charge < -0.3 is 0 Å². The van der Waals surface area contributed by atoms with E-state index in [1.807, 2.05) is 0 Å². The van der Waals surface area contributed by atoms with E-state index in [1.165, 1.54) is 48.2 Å². The lowest BCUT2D eigenvalue weighted by Crippen LogP contribution is -2.30. The van der Waals surface area contributed by atoms with Gasteiger partial charge in [-0.05, 0) is 47.2 Å². The molecule has 0 aliphatic heterocycles. The molecule has 6 aromatic carbocycles. The molecular formula is C34H28Cl3P2+. The first-order valence-electron chi connectivity index (χ1n) is 13.1. The Morgan fingerprint density at radius 2 is 0.846 bits per heavy atom. The number of alkyl halides is 3. The number of rotatable bonds is 7. The maximum atomic E-state index is 6.21. The fourth-order valence-electron chi connectivity index (χ4n) is 5.68. The van der Waals surface area contributed by atoms with E-state index in [9.17, 15) is 0 Å². The highest BCUT2D eigenvalue weighted by atomic mass is 35.6. The minimum Gasteiger partial charge on any atom is -0.0837 e. The lowest BCUT2D eigenvalue weighted by atomic mass is 10.1. The van der Waals surface area contributed by atoms with Crippen LogP contribution in [0.4, 0.5) is 0 Å². The summed E-state index contributed by atoms with van der Waals surface area (Å²) in [6.45, 7) is -2.17. The van der Waals surface area contributed by atoms with E-state index >= 15 is 0 Å². The van der Waals surface area contributed by atoms with Gasteiger partial charge in [0.2, 0.25) is 0 Å². The van der Waals surface area contributed by atoms with Crippen LogP contribution in [0.2, 0.25) is 0 Å². The maximum Gasteiger partial charge on any atom is 0.190 e. The first kappa shape index (κ1) is 27.0. The SMILES string of the molecule is ClC(Cl)(Cl)CCCP[P+](c1cccc2ccccc12)(c1cccc2ccccc12)c1cccc2ccccc12. The molecule has 39 heavy (non-hydrogen) atoms. The van der Waals surface area contributed by atoms with Gasteiger partial charge in [0.1, 0.15) is 22.9 Å². The third-order valence-corrected chi connectivity index (χ3v) is 16.6. The van der Waals surface area contributed by atoms with Crippen LogP contribution >= 0.6 is 50.0 Å². The summed E-state index contributed by atoms with van der Waals surface area (Å²) in [4.78, 5) is 0. The molecule has 0 bridgehead atoms. The van der Waals surface area contributed by atoms with Gasteiger partial charge >= 0.3 is 0 Å². The van der Waals surface area contributed by atoms with Crippen LogP contribution < -0.4 is 15.9 Å². The second kappa shape index (κ2) is 11.4. The van der Waals surface area contributed by atoms with Gasteiger partial charge in [-0.25, -0.2) is 0 Å². The van der Waals surface area contributed by atoms with Crippen molar-refractivity contribution in [1.29, 1.82) is 0 Å². The van der Waals surface area contributed by atoms with Crippen molar-refractivity contribution in [2.75, 3.05) is 6.16 Å². The Morgan fingerprint density at radius 1 is 0.487 bits per heavy atom. The third-order valence-electron chi connectivity index (χ3n) is 7.37. The van der Waals surface area contributed by atoms with Gasteiger partial charge in [0.15, 0.2) is 3.79 Å². The number of benzene rings is 6. The highest BCUT2D eigenvalue weighted by Crippen LogP contribution is 2.73. The first-order valence-corrected chi connectivity index (χ1v) is 18.1. The lowest BCUT2D eigenvalue weighted by Gasteiger charge is -2.30. The molecule has 0 N–H and O–H groups in total. The average Bonchev–Trinajstić information content (AvgIpc) is 2.96. The van der Waals surface area contributed by atoms with E-state index in [0.717, 1.165) is 12.6 Å². The quantitative estimate of drug-likeness (QED) is 0.0966. The van der Waals surface area contributed by atoms with Crippen molar-refractivity contribution in [3.05, 3.63) is 127 Å². The summed E-state index contributed by atoms with van der Waals surface area (Å²) < 4.78 is -1.23. The minimum absolute atomic E-state index is 0.547. The van der Waals surface area contributed by atoms with Crippen molar-refractivity contribution in [2.45, 2.75) is 16.6 Å². The van der Waals surface area contributed by atoms with Gasteiger partial charge in [-0.3, -0.25) is 0 Å². The van der Waals surface area contributed by atoms with Crippen molar-refractivity contribution in [3.8, 4) is 0 Å². The predicted molar refractivity (Wildman–Crippen MR) is 180 cm³/mol. The van der Waals surface area contributed by atoms with Crippen LogP contribution in [0.1, 0.15) is 12.8 Å². The molecule has 0 nitrogen and oxygen atoms in total. The molecule has 0 aliphatic carbocycles. The van der Waals surface area contributed by atoms with Crippen LogP contribution in [-0.2, 0) is 0 Å². The summed E-state index contributed by atoms with van der Waals surface area (Å²) in [5.74, 6) is 0. The van der Waals surface area contributed by atoms with E-state index in [2.05, 4.69) is 127 Å². The summed E-state index contributed by atoms with van der Waals surface area (Å²) in [6, 6.07) is 47.0. The van der Waals surface area contributed by atoms with E-state index in [-0.39, 0.29) is 0 Å². The second-order valence-electron chi connectivity index (χ2n) is 9.79. The maximum absolute atomic E-state index is 6.21. The molecular weight excluding hydrogens is 577 g/mol. The summed E-state index contributed by atoms with van der Waals surface area (Å²) in [5.41, 5.74) is 0. The minimum atomic E-state index is -2.17. The Balaban J connectivity index is 1.72. The highest BCUT2D eigenvalue weighted by molar-refractivity contribution is 8.42. The number of hydrogen-bond acceptors (Lipinski definition) is 0. The van der Waals surface area contributed by atoms with Crippen molar-refractivity contribution in [3.63, 3.8) is 0 Å². The molecule has 0 fully saturated rings. The molecule has 0 saturated heterocycles. The monoisotopic (exact) mass is 603 g/mol. The third kappa shape index (κ3) is 5.32. The fraction of sp³-hybridized carbons (Fsp3) is 0.118. The topological polar surface area (TPSA) is 0 Å². The van der Waals surface area contributed by atoms with Crippen LogP contribution in [0.5, 0.6) is 0 Å². The van der Waals surface area contributed by atoms with Crippen LogP contribution in [0.3, 0.4) is 0 Å². The number of fused-ring (bicyclic) bond motifs is 3. The highest BCUT2D eigenvalue weighted by Gasteiger charge is 2.48. The molecule has 6 aromatic rings. The van der Waals surface area contributed by atoms with Crippen LogP contribution in [0.25, 0.3) is 32.3 Å². The van der Waals surface area contributed by atoms with Crippen molar-refractivity contribution >= 4 is 98.3 Å². The zero-order chi connectivity index (χ0) is 26.9. The van der Waals surface area contributed by atoms with Gasteiger partial charge in [0, 0.05) is 22.3 Å². The molecule has 0 amide bonds. The molecule has 0 saturated carbocycles. The van der Waals surface area contributed by atoms with Crippen molar-refractivity contribution in [2.24, 2.45) is 0 Å². The summed E-state index contributed by atoms with van der Waals surface area (Å²) >= 11 is 18.6. The molecule has 1 atom stereocenters. The Kier molecular flexibility index (Phi) is 7.88. The fourth-order valence-corrected chi connectivity index (χ4v) is 15.4. The molecule has 6 rings (SSSR count). The zero-order valence-corrected chi connectivity index (χ0v) is 25.5. The molecule has 0 heterocycles. The van der Waals surface area contributed by atoms with E-state index in [4.69, 9.17) is 34.8 Å². The summed E-state index contributed by atoms with van der Waals surface area (Å²) in [6.07, 6.45) is 2.39. The smallest absolute Gasteiger partial charge is 0.0837 e. The number of hydrogen-bond donors (Lipinski definition) is 0. The van der Waals surface area contributed by atoms with E-state index in [1.54, 1.807) is 0 Å². The zero-order valence-electron chi connectivity index (χ0n) is 21.3.